The van der Waals surface area contributed by atoms with Crippen molar-refractivity contribution in [2.45, 2.75) is 6.92 Å². The summed E-state index contributed by atoms with van der Waals surface area (Å²) < 4.78 is 10.7. The van der Waals surface area contributed by atoms with Crippen LogP contribution in [0.4, 0.5) is 0 Å². The second kappa shape index (κ2) is 6.12. The summed E-state index contributed by atoms with van der Waals surface area (Å²) in [6.45, 7) is 2.85. The molecule has 0 saturated heterocycles. The predicted molar refractivity (Wildman–Crippen MR) is 62.4 cm³/mol. The number of carbonyl (C=O) groups excluding carboxylic acids is 1. The van der Waals surface area contributed by atoms with Crippen molar-refractivity contribution >= 4 is 5.78 Å². The van der Waals surface area contributed by atoms with E-state index in [9.17, 15) is 4.79 Å². The van der Waals surface area contributed by atoms with E-state index in [4.69, 9.17) is 9.47 Å². The van der Waals surface area contributed by atoms with Crippen LogP contribution >= 0.6 is 0 Å². The third kappa shape index (κ3) is 3.24. The van der Waals surface area contributed by atoms with E-state index >= 15 is 0 Å². The first-order valence-corrected chi connectivity index (χ1v) is 5.15. The van der Waals surface area contributed by atoms with Gasteiger partial charge in [0.1, 0.15) is 6.61 Å². The fourth-order valence-corrected chi connectivity index (χ4v) is 1.27. The summed E-state index contributed by atoms with van der Waals surface area (Å²) in [6.07, 6.45) is 0. The van der Waals surface area contributed by atoms with Gasteiger partial charge in [0.2, 0.25) is 0 Å². The fourth-order valence-electron chi connectivity index (χ4n) is 1.27. The molecular formula is C12H17NO3. The molecule has 0 aliphatic heterocycles. The number of ketones is 1. The van der Waals surface area contributed by atoms with Gasteiger partial charge in [-0.1, -0.05) is 0 Å². The summed E-state index contributed by atoms with van der Waals surface area (Å²) in [5, 5.41) is 2.99. The molecule has 88 valence electrons. The summed E-state index contributed by atoms with van der Waals surface area (Å²) in [5.41, 5.74) is 0.623. The normalized spacial score (nSPS) is 9.94. The van der Waals surface area contributed by atoms with Crippen LogP contribution in [-0.2, 0) is 0 Å². The van der Waals surface area contributed by atoms with Crippen LogP contribution in [0.3, 0.4) is 0 Å². The largest absolute Gasteiger partial charge is 0.493 e. The molecule has 0 spiro atoms. The van der Waals surface area contributed by atoms with Crippen LogP contribution in [-0.4, -0.2) is 33.1 Å². The predicted octanol–water partition coefficient (Wildman–Crippen LogP) is 1.50. The molecule has 0 bridgehead atoms. The van der Waals surface area contributed by atoms with E-state index in [1.165, 1.54) is 6.92 Å². The van der Waals surface area contributed by atoms with E-state index in [1.807, 2.05) is 7.05 Å². The molecule has 1 aromatic carbocycles. The molecule has 0 radical (unpaired) electrons. The lowest BCUT2D eigenvalue weighted by atomic mass is 10.1. The number of likely N-dealkylation sites (N-methyl/N-ethyl adjacent to an activating group) is 1. The second-order valence-corrected chi connectivity index (χ2v) is 3.37. The van der Waals surface area contributed by atoms with Crippen LogP contribution < -0.4 is 14.8 Å². The molecule has 0 aliphatic carbocycles. The Morgan fingerprint density at radius 1 is 1.38 bits per heavy atom. The molecule has 0 amide bonds. The van der Waals surface area contributed by atoms with E-state index in [0.29, 0.717) is 23.7 Å². The Bertz CT molecular complexity index is 363. The average molecular weight is 223 g/mol. The first-order chi connectivity index (χ1) is 7.69. The first kappa shape index (κ1) is 12.5. The monoisotopic (exact) mass is 223 g/mol. The molecule has 4 heteroatoms. The average Bonchev–Trinajstić information content (AvgIpc) is 2.29. The minimum Gasteiger partial charge on any atom is -0.493 e. The number of hydrogen-bond acceptors (Lipinski definition) is 4. The van der Waals surface area contributed by atoms with Crippen molar-refractivity contribution in [2.75, 3.05) is 27.3 Å². The number of rotatable bonds is 6. The maximum Gasteiger partial charge on any atom is 0.161 e. The van der Waals surface area contributed by atoms with Crippen LogP contribution in [0, 0.1) is 0 Å². The van der Waals surface area contributed by atoms with E-state index in [2.05, 4.69) is 5.32 Å². The summed E-state index contributed by atoms with van der Waals surface area (Å²) in [5.74, 6) is 1.26. The highest BCUT2D eigenvalue weighted by molar-refractivity contribution is 5.94. The molecule has 1 aromatic rings. The molecule has 0 aromatic heterocycles. The molecule has 4 nitrogen and oxygen atoms in total. The van der Waals surface area contributed by atoms with Gasteiger partial charge in [0, 0.05) is 12.1 Å². The molecule has 1 N–H and O–H groups in total. The Morgan fingerprint density at radius 2 is 2.12 bits per heavy atom. The maximum atomic E-state index is 11.2. The third-order valence-electron chi connectivity index (χ3n) is 2.18. The van der Waals surface area contributed by atoms with Gasteiger partial charge in [0.25, 0.3) is 0 Å². The maximum absolute atomic E-state index is 11.2. The lowest BCUT2D eigenvalue weighted by molar-refractivity contribution is 0.101. The van der Waals surface area contributed by atoms with Gasteiger partial charge in [-0.15, -0.1) is 0 Å². The number of nitrogens with one attached hydrogen (secondary N) is 1. The van der Waals surface area contributed by atoms with Gasteiger partial charge < -0.3 is 14.8 Å². The highest BCUT2D eigenvalue weighted by atomic mass is 16.5. The number of Topliss-reactive ketones (excluding diaryl/α,β-unsaturated/α-hetero) is 1. The van der Waals surface area contributed by atoms with Crippen LogP contribution in [0.5, 0.6) is 11.5 Å². The van der Waals surface area contributed by atoms with Crippen molar-refractivity contribution < 1.29 is 14.3 Å². The molecule has 0 saturated carbocycles. The molecule has 0 aliphatic rings. The van der Waals surface area contributed by atoms with E-state index in [1.54, 1.807) is 25.3 Å². The van der Waals surface area contributed by atoms with Crippen molar-refractivity contribution in [1.29, 1.82) is 0 Å². The summed E-state index contributed by atoms with van der Waals surface area (Å²) in [7, 11) is 3.42. The Morgan fingerprint density at radius 3 is 2.69 bits per heavy atom. The topological polar surface area (TPSA) is 47.6 Å². The lowest BCUT2D eigenvalue weighted by Gasteiger charge is -2.11. The Balaban J connectivity index is 2.80. The van der Waals surface area contributed by atoms with Gasteiger partial charge >= 0.3 is 0 Å². The van der Waals surface area contributed by atoms with Crippen molar-refractivity contribution in [3.63, 3.8) is 0 Å². The van der Waals surface area contributed by atoms with Gasteiger partial charge in [-0.2, -0.15) is 0 Å². The number of carbonyl (C=O) groups is 1. The van der Waals surface area contributed by atoms with E-state index < -0.39 is 0 Å². The Kier molecular flexibility index (Phi) is 4.79. The highest BCUT2D eigenvalue weighted by Gasteiger charge is 2.07. The van der Waals surface area contributed by atoms with Crippen molar-refractivity contribution in [3.8, 4) is 11.5 Å². The fraction of sp³-hybridized carbons (Fsp3) is 0.417. The highest BCUT2D eigenvalue weighted by Crippen LogP contribution is 2.28. The lowest BCUT2D eigenvalue weighted by Crippen LogP contribution is -2.16. The zero-order valence-electron chi connectivity index (χ0n) is 9.87. The Labute approximate surface area is 95.6 Å². The Hall–Kier alpha value is -1.55. The number of methoxy groups -OCH3 is 1. The van der Waals surface area contributed by atoms with Gasteiger partial charge in [-0.25, -0.2) is 0 Å². The van der Waals surface area contributed by atoms with Crippen molar-refractivity contribution in [3.05, 3.63) is 23.8 Å². The van der Waals surface area contributed by atoms with Gasteiger partial charge in [-0.05, 0) is 32.2 Å². The number of benzene rings is 1. The molecule has 1 rings (SSSR count). The molecular weight excluding hydrogens is 206 g/mol. The van der Waals surface area contributed by atoms with Gasteiger partial charge in [0.15, 0.2) is 17.3 Å². The smallest absolute Gasteiger partial charge is 0.161 e. The van der Waals surface area contributed by atoms with Crippen LogP contribution in [0.2, 0.25) is 0 Å². The van der Waals surface area contributed by atoms with Gasteiger partial charge in [0.05, 0.1) is 7.11 Å². The zero-order chi connectivity index (χ0) is 12.0. The molecule has 16 heavy (non-hydrogen) atoms. The minimum absolute atomic E-state index is 0.0140. The SMILES string of the molecule is CNCCOc1ccc(C(C)=O)cc1OC. The minimum atomic E-state index is 0.0140. The van der Waals surface area contributed by atoms with E-state index in [-0.39, 0.29) is 5.78 Å². The first-order valence-electron chi connectivity index (χ1n) is 5.15. The summed E-state index contributed by atoms with van der Waals surface area (Å²) in [4.78, 5) is 11.2. The molecule has 0 fully saturated rings. The zero-order valence-corrected chi connectivity index (χ0v) is 9.87. The quantitative estimate of drug-likeness (QED) is 0.586. The van der Waals surface area contributed by atoms with Crippen LogP contribution in [0.1, 0.15) is 17.3 Å². The van der Waals surface area contributed by atoms with Gasteiger partial charge in [-0.3, -0.25) is 4.79 Å². The number of hydrogen-bond donors (Lipinski definition) is 1. The van der Waals surface area contributed by atoms with Crippen molar-refractivity contribution in [1.82, 2.24) is 5.32 Å². The summed E-state index contributed by atoms with van der Waals surface area (Å²) >= 11 is 0. The van der Waals surface area contributed by atoms with Crippen LogP contribution in [0.25, 0.3) is 0 Å². The number of ether oxygens (including phenoxy) is 2. The molecule has 0 unspecified atom stereocenters. The molecule has 0 atom stereocenters. The van der Waals surface area contributed by atoms with Crippen molar-refractivity contribution in [2.24, 2.45) is 0 Å². The second-order valence-electron chi connectivity index (χ2n) is 3.37. The molecule has 0 heterocycles. The summed E-state index contributed by atoms with van der Waals surface area (Å²) in [6, 6.07) is 5.18. The van der Waals surface area contributed by atoms with E-state index in [0.717, 1.165) is 6.54 Å². The third-order valence-corrected chi connectivity index (χ3v) is 2.18. The van der Waals surface area contributed by atoms with Crippen LogP contribution in [0.15, 0.2) is 18.2 Å². The standard InChI is InChI=1S/C12H17NO3/c1-9(14)10-4-5-11(12(8-10)15-3)16-7-6-13-2/h4-5,8,13H,6-7H2,1-3H3.